The fourth-order valence-corrected chi connectivity index (χ4v) is 2.32. The fourth-order valence-electron chi connectivity index (χ4n) is 1.70. The molecule has 3 N–H and O–H groups in total. The first-order valence-corrected chi connectivity index (χ1v) is 6.96. The van der Waals surface area contributed by atoms with E-state index < -0.39 is 11.9 Å². The molecule has 1 atom stereocenters. The van der Waals surface area contributed by atoms with Gasteiger partial charge in [-0.1, -0.05) is 30.3 Å². The third kappa shape index (κ3) is 3.80. The summed E-state index contributed by atoms with van der Waals surface area (Å²) in [5.74, 6) is -0.947. The van der Waals surface area contributed by atoms with E-state index >= 15 is 0 Å². The molecule has 1 aromatic carbocycles. The van der Waals surface area contributed by atoms with Crippen LogP contribution in [0.15, 0.2) is 53.2 Å². The molecule has 0 aliphatic heterocycles. The molecule has 0 saturated heterocycles. The van der Waals surface area contributed by atoms with Crippen LogP contribution >= 0.6 is 11.3 Å². The predicted octanol–water partition coefficient (Wildman–Crippen LogP) is 2.10. The lowest BCUT2D eigenvalue weighted by atomic mass is 10.1. The Kier molecular flexibility index (Phi) is 4.68. The molecule has 1 unspecified atom stereocenters. The Morgan fingerprint density at radius 1 is 1.20 bits per heavy atom. The Morgan fingerprint density at radius 3 is 2.55 bits per heavy atom. The highest BCUT2D eigenvalue weighted by molar-refractivity contribution is 7.08. The van der Waals surface area contributed by atoms with Crippen molar-refractivity contribution < 1.29 is 9.59 Å². The van der Waals surface area contributed by atoms with Crippen LogP contribution in [0.2, 0.25) is 0 Å². The van der Waals surface area contributed by atoms with Crippen LogP contribution in [0.3, 0.4) is 0 Å². The minimum Gasteiger partial charge on any atom is -0.368 e. The summed E-state index contributed by atoms with van der Waals surface area (Å²) in [4.78, 5) is 23.3. The molecule has 0 aliphatic rings. The van der Waals surface area contributed by atoms with Crippen molar-refractivity contribution in [2.75, 3.05) is 0 Å². The maximum atomic E-state index is 11.8. The molecule has 0 radical (unpaired) electrons. The van der Waals surface area contributed by atoms with E-state index in [1.807, 2.05) is 22.9 Å². The van der Waals surface area contributed by atoms with Crippen molar-refractivity contribution in [1.29, 1.82) is 0 Å². The number of thiophene rings is 1. The average Bonchev–Trinajstić information content (AvgIpc) is 2.96. The fraction of sp³-hybridized carbons (Fsp3) is 0.0667. The van der Waals surface area contributed by atoms with Crippen molar-refractivity contribution in [2.45, 2.75) is 6.04 Å². The van der Waals surface area contributed by atoms with Crippen LogP contribution in [0, 0.1) is 0 Å². The van der Waals surface area contributed by atoms with Crippen molar-refractivity contribution in [3.63, 3.8) is 0 Å². The number of rotatable bonds is 5. The molecular weight excluding hydrogens is 272 g/mol. The first-order valence-electron chi connectivity index (χ1n) is 6.02. The molecule has 20 heavy (non-hydrogen) atoms. The van der Waals surface area contributed by atoms with Gasteiger partial charge in [0.25, 0.3) is 0 Å². The first-order chi connectivity index (χ1) is 9.66. The van der Waals surface area contributed by atoms with Crippen molar-refractivity contribution in [1.82, 2.24) is 5.32 Å². The lowest BCUT2D eigenvalue weighted by Gasteiger charge is -2.14. The van der Waals surface area contributed by atoms with Crippen molar-refractivity contribution in [2.24, 2.45) is 5.73 Å². The summed E-state index contributed by atoms with van der Waals surface area (Å²) < 4.78 is 0. The molecule has 0 aliphatic carbocycles. The number of carbonyl (C=O) groups is 2. The number of hydrogen-bond donors (Lipinski definition) is 2. The summed E-state index contributed by atoms with van der Waals surface area (Å²) in [6, 6.07) is 9.99. The van der Waals surface area contributed by atoms with Crippen LogP contribution in [0.1, 0.15) is 17.2 Å². The third-order valence-corrected chi connectivity index (χ3v) is 3.38. The van der Waals surface area contributed by atoms with E-state index in [0.29, 0.717) is 5.56 Å². The number of carbonyl (C=O) groups excluding carboxylic acids is 2. The number of primary amides is 1. The SMILES string of the molecule is NC(=O)C(NC(=O)C=Cc1ccsc1)c1ccccc1. The number of benzene rings is 1. The largest absolute Gasteiger partial charge is 0.368 e. The molecule has 102 valence electrons. The van der Waals surface area contributed by atoms with Crippen molar-refractivity contribution in [3.05, 3.63) is 64.4 Å². The van der Waals surface area contributed by atoms with Crippen LogP contribution in [-0.4, -0.2) is 11.8 Å². The maximum absolute atomic E-state index is 11.8. The van der Waals surface area contributed by atoms with Crippen molar-refractivity contribution in [3.8, 4) is 0 Å². The zero-order valence-electron chi connectivity index (χ0n) is 10.7. The molecular formula is C15H14N2O2S. The summed E-state index contributed by atoms with van der Waals surface area (Å²) in [5.41, 5.74) is 6.94. The van der Waals surface area contributed by atoms with Gasteiger partial charge in [-0.25, -0.2) is 0 Å². The molecule has 0 fully saturated rings. The topological polar surface area (TPSA) is 72.2 Å². The van der Waals surface area contributed by atoms with E-state index in [9.17, 15) is 9.59 Å². The second kappa shape index (κ2) is 6.68. The zero-order chi connectivity index (χ0) is 14.4. The second-order valence-electron chi connectivity index (χ2n) is 4.14. The smallest absolute Gasteiger partial charge is 0.244 e. The van der Waals surface area contributed by atoms with Gasteiger partial charge in [-0.3, -0.25) is 9.59 Å². The van der Waals surface area contributed by atoms with Crippen molar-refractivity contribution >= 4 is 29.2 Å². The lowest BCUT2D eigenvalue weighted by molar-refractivity contribution is -0.125. The molecule has 2 amide bonds. The number of amides is 2. The normalized spacial score (nSPS) is 12.2. The Bertz CT molecular complexity index is 606. The Labute approximate surface area is 120 Å². The second-order valence-corrected chi connectivity index (χ2v) is 4.92. The van der Waals surface area contributed by atoms with Gasteiger partial charge in [-0.05, 0) is 34.0 Å². The molecule has 2 rings (SSSR count). The van der Waals surface area contributed by atoms with E-state index in [1.165, 1.54) is 6.08 Å². The van der Waals surface area contributed by atoms with Crippen LogP contribution in [0.4, 0.5) is 0 Å². The van der Waals surface area contributed by atoms with Crippen LogP contribution < -0.4 is 11.1 Å². The maximum Gasteiger partial charge on any atom is 0.244 e. The molecule has 1 aromatic heterocycles. The quantitative estimate of drug-likeness (QED) is 0.826. The van der Waals surface area contributed by atoms with Gasteiger partial charge in [-0.15, -0.1) is 0 Å². The lowest BCUT2D eigenvalue weighted by Crippen LogP contribution is -2.36. The monoisotopic (exact) mass is 286 g/mol. The van der Waals surface area contributed by atoms with Crippen LogP contribution in [0.25, 0.3) is 6.08 Å². The van der Waals surface area contributed by atoms with Gasteiger partial charge in [0, 0.05) is 6.08 Å². The van der Waals surface area contributed by atoms with Gasteiger partial charge in [0.1, 0.15) is 6.04 Å². The summed E-state index contributed by atoms with van der Waals surface area (Å²) in [6.45, 7) is 0. The average molecular weight is 286 g/mol. The number of nitrogens with one attached hydrogen (secondary N) is 1. The highest BCUT2D eigenvalue weighted by Crippen LogP contribution is 2.12. The van der Waals surface area contributed by atoms with Crippen LogP contribution in [0.5, 0.6) is 0 Å². The van der Waals surface area contributed by atoms with E-state index in [0.717, 1.165) is 5.56 Å². The van der Waals surface area contributed by atoms with Gasteiger partial charge >= 0.3 is 0 Å². The molecule has 0 bridgehead atoms. The molecule has 0 spiro atoms. The van der Waals surface area contributed by atoms with E-state index in [4.69, 9.17) is 5.73 Å². The van der Waals surface area contributed by atoms with E-state index in [-0.39, 0.29) is 5.91 Å². The number of nitrogens with two attached hydrogens (primary N) is 1. The summed E-state index contributed by atoms with van der Waals surface area (Å²) in [5, 5.41) is 6.45. The van der Waals surface area contributed by atoms with Gasteiger partial charge in [0.05, 0.1) is 0 Å². The van der Waals surface area contributed by atoms with E-state index in [2.05, 4.69) is 5.32 Å². The van der Waals surface area contributed by atoms with Gasteiger partial charge < -0.3 is 11.1 Å². The standard InChI is InChI=1S/C15H14N2O2S/c16-15(19)14(12-4-2-1-3-5-12)17-13(18)7-6-11-8-9-20-10-11/h1-10,14H,(H2,16,19)(H,17,18). The first kappa shape index (κ1) is 14.0. The number of hydrogen-bond acceptors (Lipinski definition) is 3. The minimum atomic E-state index is -0.823. The molecule has 1 heterocycles. The molecule has 2 aromatic rings. The van der Waals surface area contributed by atoms with E-state index in [1.54, 1.807) is 41.7 Å². The van der Waals surface area contributed by atoms with Gasteiger partial charge in [0.15, 0.2) is 0 Å². The summed E-state index contributed by atoms with van der Waals surface area (Å²) in [6.07, 6.45) is 3.08. The van der Waals surface area contributed by atoms with Crippen LogP contribution in [-0.2, 0) is 9.59 Å². The molecule has 5 heteroatoms. The molecule has 4 nitrogen and oxygen atoms in total. The highest BCUT2D eigenvalue weighted by atomic mass is 32.1. The highest BCUT2D eigenvalue weighted by Gasteiger charge is 2.18. The molecule has 0 saturated carbocycles. The Morgan fingerprint density at radius 2 is 1.95 bits per heavy atom. The van der Waals surface area contributed by atoms with Gasteiger partial charge in [-0.2, -0.15) is 11.3 Å². The summed E-state index contributed by atoms with van der Waals surface area (Å²) in [7, 11) is 0. The van der Waals surface area contributed by atoms with Gasteiger partial charge in [0.2, 0.25) is 11.8 Å². The third-order valence-electron chi connectivity index (χ3n) is 2.67. The Balaban J connectivity index is 2.05. The Hall–Kier alpha value is -2.40. The predicted molar refractivity (Wildman–Crippen MR) is 79.9 cm³/mol. The zero-order valence-corrected chi connectivity index (χ0v) is 11.5. The minimum absolute atomic E-state index is 0.358. The summed E-state index contributed by atoms with van der Waals surface area (Å²) >= 11 is 1.55.